The molecule has 1 aromatic heterocycles. The van der Waals surface area contributed by atoms with Crippen molar-refractivity contribution in [3.8, 4) is 0 Å². The lowest BCUT2D eigenvalue weighted by Gasteiger charge is -2.30. The number of aryl methyl sites for hydroxylation is 1. The Labute approximate surface area is 105 Å². The van der Waals surface area contributed by atoms with Crippen LogP contribution in [0.25, 0.3) is 0 Å². The predicted molar refractivity (Wildman–Crippen MR) is 73.3 cm³/mol. The minimum absolute atomic E-state index is 0.601. The number of nitrogens with one attached hydrogen (secondary N) is 1. The van der Waals surface area contributed by atoms with Crippen LogP contribution in [0.15, 0.2) is 18.2 Å². The lowest BCUT2D eigenvalue weighted by atomic mass is 9.83. The van der Waals surface area contributed by atoms with Crippen molar-refractivity contribution in [1.82, 2.24) is 4.98 Å². The highest BCUT2D eigenvalue weighted by atomic mass is 15.0. The van der Waals surface area contributed by atoms with Gasteiger partial charge in [-0.1, -0.05) is 32.3 Å². The van der Waals surface area contributed by atoms with E-state index in [0.717, 1.165) is 17.4 Å². The highest BCUT2D eigenvalue weighted by molar-refractivity contribution is 5.36. The summed E-state index contributed by atoms with van der Waals surface area (Å²) in [6, 6.07) is 6.81. The standard InChI is InChI=1S/C15H24N2/c1-3-14(13-9-5-4-6-10-13)17-15-11-7-8-12(2)16-15/h7-8,11,13-14H,3-6,9-10H2,1-2H3,(H,16,17). The third-order valence-corrected chi connectivity index (χ3v) is 3.88. The Hall–Kier alpha value is -1.05. The molecule has 1 atom stereocenters. The van der Waals surface area contributed by atoms with Crippen LogP contribution >= 0.6 is 0 Å². The number of aromatic nitrogens is 1. The maximum atomic E-state index is 4.54. The molecule has 0 saturated heterocycles. The Morgan fingerprint density at radius 2 is 2.06 bits per heavy atom. The summed E-state index contributed by atoms with van der Waals surface area (Å²) in [6.45, 7) is 4.33. The summed E-state index contributed by atoms with van der Waals surface area (Å²) in [4.78, 5) is 4.54. The molecule has 1 saturated carbocycles. The summed E-state index contributed by atoms with van der Waals surface area (Å²) in [5.74, 6) is 1.89. The van der Waals surface area contributed by atoms with Gasteiger partial charge >= 0.3 is 0 Å². The van der Waals surface area contributed by atoms with E-state index in [1.54, 1.807) is 0 Å². The van der Waals surface area contributed by atoms with E-state index in [1.807, 2.05) is 13.0 Å². The number of nitrogens with zero attached hydrogens (tertiary/aromatic N) is 1. The Kier molecular flexibility index (Phi) is 4.41. The molecule has 1 aromatic rings. The van der Waals surface area contributed by atoms with Gasteiger partial charge in [0.2, 0.25) is 0 Å². The van der Waals surface area contributed by atoms with Gasteiger partial charge in [-0.3, -0.25) is 0 Å². The molecule has 0 aromatic carbocycles. The number of hydrogen-bond donors (Lipinski definition) is 1. The van der Waals surface area contributed by atoms with Crippen LogP contribution in [0.5, 0.6) is 0 Å². The summed E-state index contributed by atoms with van der Waals surface area (Å²) >= 11 is 0. The molecule has 0 bridgehead atoms. The van der Waals surface area contributed by atoms with E-state index < -0.39 is 0 Å². The Balaban J connectivity index is 1.98. The molecule has 1 unspecified atom stereocenters. The van der Waals surface area contributed by atoms with Crippen LogP contribution in [0.2, 0.25) is 0 Å². The van der Waals surface area contributed by atoms with Crippen LogP contribution in [0.4, 0.5) is 5.82 Å². The molecule has 0 amide bonds. The molecule has 1 aliphatic carbocycles. The zero-order valence-corrected chi connectivity index (χ0v) is 11.1. The Morgan fingerprint density at radius 1 is 1.29 bits per heavy atom. The molecule has 1 heterocycles. The SMILES string of the molecule is CCC(Nc1cccc(C)n1)C1CCCCC1. The van der Waals surface area contributed by atoms with Crippen LogP contribution in [-0.2, 0) is 0 Å². The number of rotatable bonds is 4. The number of pyridine rings is 1. The molecule has 17 heavy (non-hydrogen) atoms. The molecule has 2 heteroatoms. The van der Waals surface area contributed by atoms with Crippen molar-refractivity contribution in [2.24, 2.45) is 5.92 Å². The quantitative estimate of drug-likeness (QED) is 0.843. The average Bonchev–Trinajstić information content (AvgIpc) is 2.37. The molecule has 0 radical (unpaired) electrons. The molecule has 94 valence electrons. The molecular weight excluding hydrogens is 208 g/mol. The van der Waals surface area contributed by atoms with E-state index >= 15 is 0 Å². The first-order valence-electron chi connectivity index (χ1n) is 7.00. The number of anilines is 1. The van der Waals surface area contributed by atoms with Gasteiger partial charge in [-0.25, -0.2) is 4.98 Å². The van der Waals surface area contributed by atoms with Crippen LogP contribution in [0.3, 0.4) is 0 Å². The maximum absolute atomic E-state index is 4.54. The van der Waals surface area contributed by atoms with Crippen molar-refractivity contribution in [2.75, 3.05) is 5.32 Å². The van der Waals surface area contributed by atoms with Crippen LogP contribution in [0.1, 0.15) is 51.1 Å². The van der Waals surface area contributed by atoms with Crippen molar-refractivity contribution >= 4 is 5.82 Å². The smallest absolute Gasteiger partial charge is 0.126 e. The van der Waals surface area contributed by atoms with Crippen molar-refractivity contribution < 1.29 is 0 Å². The van der Waals surface area contributed by atoms with Crippen LogP contribution in [-0.4, -0.2) is 11.0 Å². The molecule has 1 N–H and O–H groups in total. The monoisotopic (exact) mass is 232 g/mol. The van der Waals surface area contributed by atoms with Gasteiger partial charge in [-0.15, -0.1) is 0 Å². The Morgan fingerprint density at radius 3 is 2.71 bits per heavy atom. The fourth-order valence-electron chi connectivity index (χ4n) is 2.90. The van der Waals surface area contributed by atoms with Crippen LogP contribution < -0.4 is 5.32 Å². The minimum atomic E-state index is 0.601. The van der Waals surface area contributed by atoms with Gasteiger partial charge in [0.1, 0.15) is 5.82 Å². The lowest BCUT2D eigenvalue weighted by molar-refractivity contribution is 0.312. The molecule has 0 spiro atoms. The van der Waals surface area contributed by atoms with E-state index in [1.165, 1.54) is 38.5 Å². The zero-order chi connectivity index (χ0) is 12.1. The highest BCUT2D eigenvalue weighted by Gasteiger charge is 2.22. The fraction of sp³-hybridized carbons (Fsp3) is 0.667. The summed E-state index contributed by atoms with van der Waals surface area (Å²) in [6.07, 6.45) is 8.21. The average molecular weight is 232 g/mol. The third kappa shape index (κ3) is 3.45. The van der Waals surface area contributed by atoms with E-state index in [-0.39, 0.29) is 0 Å². The maximum Gasteiger partial charge on any atom is 0.126 e. The minimum Gasteiger partial charge on any atom is -0.367 e. The first-order valence-corrected chi connectivity index (χ1v) is 7.00. The van der Waals surface area contributed by atoms with Gasteiger partial charge in [0.25, 0.3) is 0 Å². The molecule has 0 aliphatic heterocycles. The van der Waals surface area contributed by atoms with Gasteiger partial charge in [0.15, 0.2) is 0 Å². The molecule has 2 rings (SSSR count). The molecule has 2 nitrogen and oxygen atoms in total. The summed E-state index contributed by atoms with van der Waals surface area (Å²) < 4.78 is 0. The van der Waals surface area contributed by atoms with E-state index in [0.29, 0.717) is 6.04 Å². The highest BCUT2D eigenvalue weighted by Crippen LogP contribution is 2.29. The first-order chi connectivity index (χ1) is 8.29. The summed E-state index contributed by atoms with van der Waals surface area (Å²) in [5.41, 5.74) is 1.09. The van der Waals surface area contributed by atoms with Gasteiger partial charge in [-0.05, 0) is 44.2 Å². The zero-order valence-electron chi connectivity index (χ0n) is 11.1. The van der Waals surface area contributed by atoms with Crippen molar-refractivity contribution in [2.45, 2.75) is 58.4 Å². The third-order valence-electron chi connectivity index (χ3n) is 3.88. The van der Waals surface area contributed by atoms with Gasteiger partial charge in [-0.2, -0.15) is 0 Å². The second kappa shape index (κ2) is 6.04. The molecule has 1 aliphatic rings. The second-order valence-corrected chi connectivity index (χ2v) is 5.22. The molecule has 1 fully saturated rings. The van der Waals surface area contributed by atoms with Crippen molar-refractivity contribution in [3.05, 3.63) is 23.9 Å². The second-order valence-electron chi connectivity index (χ2n) is 5.22. The van der Waals surface area contributed by atoms with Gasteiger partial charge < -0.3 is 5.32 Å². The number of hydrogen-bond acceptors (Lipinski definition) is 2. The normalized spacial score (nSPS) is 18.9. The van der Waals surface area contributed by atoms with E-state index in [4.69, 9.17) is 0 Å². The van der Waals surface area contributed by atoms with Gasteiger partial charge in [0.05, 0.1) is 0 Å². The lowest BCUT2D eigenvalue weighted by Crippen LogP contribution is -2.30. The first kappa shape index (κ1) is 12.4. The topological polar surface area (TPSA) is 24.9 Å². The van der Waals surface area contributed by atoms with Crippen LogP contribution in [0, 0.1) is 12.8 Å². The Bertz CT molecular complexity index is 343. The summed E-state index contributed by atoms with van der Waals surface area (Å²) in [7, 11) is 0. The largest absolute Gasteiger partial charge is 0.367 e. The van der Waals surface area contributed by atoms with E-state index in [2.05, 4.69) is 29.4 Å². The molecular formula is C15H24N2. The summed E-state index contributed by atoms with van der Waals surface area (Å²) in [5, 5.41) is 3.63. The van der Waals surface area contributed by atoms with E-state index in [9.17, 15) is 0 Å². The predicted octanol–water partition coefficient (Wildman–Crippen LogP) is 4.16. The fourth-order valence-corrected chi connectivity index (χ4v) is 2.90. The van der Waals surface area contributed by atoms with Gasteiger partial charge in [0, 0.05) is 11.7 Å². The van der Waals surface area contributed by atoms with Crippen molar-refractivity contribution in [1.29, 1.82) is 0 Å². The van der Waals surface area contributed by atoms with Crippen molar-refractivity contribution in [3.63, 3.8) is 0 Å².